The molecule has 1 saturated heterocycles. The molecule has 3 aromatic rings. The maximum atomic E-state index is 13.6. The van der Waals surface area contributed by atoms with Gasteiger partial charge in [0.1, 0.15) is 5.75 Å². The van der Waals surface area contributed by atoms with Crippen LogP contribution in [0.25, 0.3) is 10.8 Å². The second-order valence-corrected chi connectivity index (χ2v) is 9.81. The molecule has 3 aromatic carbocycles. The number of hydrogen-bond acceptors (Lipinski definition) is 3. The Bertz CT molecular complexity index is 1150. The minimum atomic E-state index is -4.35. The van der Waals surface area contributed by atoms with Gasteiger partial charge in [-0.15, -0.1) is 0 Å². The van der Waals surface area contributed by atoms with Crippen LogP contribution in [0.5, 0.6) is 5.75 Å². The molecule has 192 valence electrons. The number of halogens is 3. The van der Waals surface area contributed by atoms with Crippen LogP contribution in [-0.2, 0) is 12.6 Å². The van der Waals surface area contributed by atoms with Crippen LogP contribution in [0, 0.1) is 5.92 Å². The van der Waals surface area contributed by atoms with Gasteiger partial charge in [-0.25, -0.2) is 0 Å². The molecule has 1 aliphatic heterocycles. The fraction of sp³-hybridized carbons (Fsp3) is 0.433. The highest BCUT2D eigenvalue weighted by atomic mass is 19.4. The standard InChI is InChI=1S/C30H34F3NO2/c1-36-26-12-10-24(11-13-26)29(35)9-3-2-6-16-34-17-14-22(15-18-34)19-23-20-25-7-4-5-8-27(25)28(21-23)30(31,32)33/h4-5,7-8,10-13,20-22H,2-3,6,9,14-19H2,1H3. The number of ketones is 1. The van der Waals surface area contributed by atoms with E-state index >= 15 is 0 Å². The molecule has 1 aliphatic rings. The number of likely N-dealkylation sites (tertiary alicyclic amines) is 1. The van der Waals surface area contributed by atoms with Crippen LogP contribution in [0.3, 0.4) is 0 Å². The van der Waals surface area contributed by atoms with Gasteiger partial charge in [0.25, 0.3) is 0 Å². The number of rotatable bonds is 10. The molecule has 0 radical (unpaired) electrons. The molecule has 6 heteroatoms. The second-order valence-electron chi connectivity index (χ2n) is 9.81. The summed E-state index contributed by atoms with van der Waals surface area (Å²) in [5.74, 6) is 1.32. The zero-order valence-electron chi connectivity index (χ0n) is 20.8. The van der Waals surface area contributed by atoms with E-state index in [1.165, 1.54) is 6.07 Å². The van der Waals surface area contributed by atoms with Crippen molar-refractivity contribution in [3.63, 3.8) is 0 Å². The summed E-state index contributed by atoms with van der Waals surface area (Å²) in [4.78, 5) is 14.8. The minimum absolute atomic E-state index is 0.167. The summed E-state index contributed by atoms with van der Waals surface area (Å²) in [5.41, 5.74) is 0.978. The van der Waals surface area contributed by atoms with Crippen molar-refractivity contribution in [2.75, 3.05) is 26.7 Å². The third kappa shape index (κ3) is 6.88. The van der Waals surface area contributed by atoms with Crippen molar-refractivity contribution in [3.05, 3.63) is 77.4 Å². The van der Waals surface area contributed by atoms with Crippen molar-refractivity contribution in [2.45, 2.75) is 51.1 Å². The van der Waals surface area contributed by atoms with E-state index in [1.54, 1.807) is 31.4 Å². The molecule has 0 atom stereocenters. The fourth-order valence-corrected chi connectivity index (χ4v) is 5.19. The predicted molar refractivity (Wildman–Crippen MR) is 138 cm³/mol. The molecular formula is C30H34F3NO2. The first kappa shape index (κ1) is 26.2. The van der Waals surface area contributed by atoms with Gasteiger partial charge in [0.05, 0.1) is 12.7 Å². The number of carbonyl (C=O) groups excluding carboxylic acids is 1. The predicted octanol–water partition coefficient (Wildman–Crippen LogP) is 7.57. The van der Waals surface area contributed by atoms with Crippen LogP contribution in [0.15, 0.2) is 60.7 Å². The fourth-order valence-electron chi connectivity index (χ4n) is 5.19. The lowest BCUT2D eigenvalue weighted by Crippen LogP contribution is -2.35. The van der Waals surface area contributed by atoms with Crippen molar-refractivity contribution in [2.24, 2.45) is 5.92 Å². The summed E-state index contributed by atoms with van der Waals surface area (Å²) >= 11 is 0. The highest BCUT2D eigenvalue weighted by Crippen LogP contribution is 2.36. The molecule has 0 N–H and O–H groups in total. The first-order chi connectivity index (χ1) is 17.3. The number of piperidine rings is 1. The number of hydrogen-bond donors (Lipinski definition) is 0. The SMILES string of the molecule is COc1ccc(C(=O)CCCCCN2CCC(Cc3cc(C(F)(F)F)c4ccccc4c3)CC2)cc1. The van der Waals surface area contributed by atoms with Gasteiger partial charge in [0.15, 0.2) is 5.78 Å². The van der Waals surface area contributed by atoms with E-state index in [1.807, 2.05) is 30.3 Å². The van der Waals surface area contributed by atoms with E-state index in [0.29, 0.717) is 24.1 Å². The molecule has 4 rings (SSSR count). The van der Waals surface area contributed by atoms with Crippen LogP contribution >= 0.6 is 0 Å². The van der Waals surface area contributed by atoms with Gasteiger partial charge < -0.3 is 9.64 Å². The first-order valence-corrected chi connectivity index (χ1v) is 12.8. The number of fused-ring (bicyclic) bond motifs is 1. The molecule has 0 amide bonds. The van der Waals surface area contributed by atoms with E-state index in [0.717, 1.165) is 68.6 Å². The molecule has 1 fully saturated rings. The van der Waals surface area contributed by atoms with Crippen LogP contribution < -0.4 is 4.74 Å². The zero-order valence-corrected chi connectivity index (χ0v) is 20.8. The maximum absolute atomic E-state index is 13.6. The lowest BCUT2D eigenvalue weighted by molar-refractivity contribution is -0.136. The van der Waals surface area contributed by atoms with Crippen molar-refractivity contribution >= 4 is 16.6 Å². The van der Waals surface area contributed by atoms with E-state index in [4.69, 9.17) is 4.74 Å². The average molecular weight is 498 g/mol. The van der Waals surface area contributed by atoms with Gasteiger partial charge in [-0.2, -0.15) is 13.2 Å². The van der Waals surface area contributed by atoms with Gasteiger partial charge in [-0.1, -0.05) is 36.8 Å². The molecule has 36 heavy (non-hydrogen) atoms. The molecule has 1 heterocycles. The van der Waals surface area contributed by atoms with Gasteiger partial charge in [0, 0.05) is 12.0 Å². The van der Waals surface area contributed by atoms with Crippen molar-refractivity contribution < 1.29 is 22.7 Å². The topological polar surface area (TPSA) is 29.5 Å². The Morgan fingerprint density at radius 2 is 1.69 bits per heavy atom. The summed E-state index contributed by atoms with van der Waals surface area (Å²) in [6, 6.07) is 17.3. The van der Waals surface area contributed by atoms with Crippen molar-refractivity contribution in [1.82, 2.24) is 4.90 Å². The molecule has 0 aliphatic carbocycles. The highest BCUT2D eigenvalue weighted by molar-refractivity contribution is 5.96. The Balaban J connectivity index is 1.19. The number of methoxy groups -OCH3 is 1. The third-order valence-electron chi connectivity index (χ3n) is 7.25. The second kappa shape index (κ2) is 11.9. The number of carbonyl (C=O) groups is 1. The molecule has 0 aromatic heterocycles. The average Bonchev–Trinajstić information content (AvgIpc) is 2.88. The molecule has 3 nitrogen and oxygen atoms in total. The van der Waals surface area contributed by atoms with Crippen LogP contribution in [0.1, 0.15) is 60.0 Å². The smallest absolute Gasteiger partial charge is 0.417 e. The molecule has 0 saturated carbocycles. The minimum Gasteiger partial charge on any atom is -0.497 e. The largest absolute Gasteiger partial charge is 0.497 e. The Morgan fingerprint density at radius 3 is 2.39 bits per heavy atom. The van der Waals surface area contributed by atoms with E-state index in [9.17, 15) is 18.0 Å². The highest BCUT2D eigenvalue weighted by Gasteiger charge is 2.33. The number of benzene rings is 3. The monoisotopic (exact) mass is 497 g/mol. The van der Waals surface area contributed by atoms with Crippen LogP contribution in [-0.4, -0.2) is 37.4 Å². The lowest BCUT2D eigenvalue weighted by Gasteiger charge is -2.32. The van der Waals surface area contributed by atoms with Crippen molar-refractivity contribution in [3.8, 4) is 5.75 Å². The van der Waals surface area contributed by atoms with E-state index in [-0.39, 0.29) is 11.2 Å². The van der Waals surface area contributed by atoms with Gasteiger partial charge in [-0.05, 0) is 104 Å². The maximum Gasteiger partial charge on any atom is 0.417 e. The number of Topliss-reactive ketones (excluding diaryl/α,β-unsaturated/α-hetero) is 1. The molecule has 0 bridgehead atoms. The van der Waals surface area contributed by atoms with Crippen LogP contribution in [0.4, 0.5) is 13.2 Å². The molecular weight excluding hydrogens is 463 g/mol. The Morgan fingerprint density at radius 1 is 0.972 bits per heavy atom. The quantitative estimate of drug-likeness (QED) is 0.214. The van der Waals surface area contributed by atoms with Gasteiger partial charge in [-0.3, -0.25) is 4.79 Å². The summed E-state index contributed by atoms with van der Waals surface area (Å²) in [7, 11) is 1.61. The van der Waals surface area contributed by atoms with Gasteiger partial charge in [0.2, 0.25) is 0 Å². The summed E-state index contributed by atoms with van der Waals surface area (Å²) < 4.78 is 46.0. The molecule has 0 unspecified atom stereocenters. The summed E-state index contributed by atoms with van der Waals surface area (Å²) in [6.45, 7) is 2.97. The number of nitrogens with zero attached hydrogens (tertiary/aromatic N) is 1. The Hall–Kier alpha value is -2.86. The van der Waals surface area contributed by atoms with Crippen LogP contribution in [0.2, 0.25) is 0 Å². The summed E-state index contributed by atoms with van der Waals surface area (Å²) in [6.07, 6.45) is 1.85. The first-order valence-electron chi connectivity index (χ1n) is 12.8. The third-order valence-corrected chi connectivity index (χ3v) is 7.25. The summed E-state index contributed by atoms with van der Waals surface area (Å²) in [5, 5.41) is 0.930. The number of unbranched alkanes of at least 4 members (excludes halogenated alkanes) is 2. The Kier molecular flexibility index (Phi) is 8.68. The van der Waals surface area contributed by atoms with Crippen molar-refractivity contribution in [1.29, 1.82) is 0 Å². The number of alkyl halides is 3. The Labute approximate surface area is 211 Å². The zero-order chi connectivity index (χ0) is 25.5. The lowest BCUT2D eigenvalue weighted by atomic mass is 9.88. The van der Waals surface area contributed by atoms with E-state index < -0.39 is 11.7 Å². The van der Waals surface area contributed by atoms with Gasteiger partial charge >= 0.3 is 6.18 Å². The molecule has 0 spiro atoms. The normalized spacial score (nSPS) is 15.3. The van der Waals surface area contributed by atoms with E-state index in [2.05, 4.69) is 4.90 Å². The number of ether oxygens (including phenoxy) is 1.